The van der Waals surface area contributed by atoms with Crippen molar-refractivity contribution in [2.45, 2.75) is 0 Å². The number of aromatic nitrogens is 3. The lowest BCUT2D eigenvalue weighted by atomic mass is 10.2. The monoisotopic (exact) mass is 200 g/mol. The molecule has 0 spiro atoms. The predicted octanol–water partition coefficient (Wildman–Crippen LogP) is 0.733. The minimum atomic E-state index is 0.627. The van der Waals surface area contributed by atoms with E-state index in [0.717, 1.165) is 11.3 Å². The summed E-state index contributed by atoms with van der Waals surface area (Å²) < 4.78 is 5.21. The van der Waals surface area contributed by atoms with Crippen molar-refractivity contribution >= 4 is 16.6 Å². The van der Waals surface area contributed by atoms with Crippen LogP contribution in [-0.4, -0.2) is 31.6 Å². The summed E-state index contributed by atoms with van der Waals surface area (Å²) in [5.41, 5.74) is 0.808. The molecule has 0 aromatic carbocycles. The number of nitrogens with zero attached hydrogens (tertiary/aromatic N) is 3. The molecule has 0 amide bonds. The summed E-state index contributed by atoms with van der Waals surface area (Å²) in [6, 6.07) is 3.56. The van der Waals surface area contributed by atoms with E-state index in [1.807, 2.05) is 0 Å². The number of rotatable bonds is 2. The maximum atomic E-state index is 5.21. The van der Waals surface area contributed by atoms with Crippen LogP contribution in [0.4, 0.5) is 0 Å². The van der Waals surface area contributed by atoms with Crippen molar-refractivity contribution in [3.8, 4) is 17.1 Å². The lowest BCUT2D eigenvalue weighted by Crippen LogP contribution is -1.93. The molecule has 0 fully saturated rings. The molecule has 2 aromatic rings. The maximum absolute atomic E-state index is 5.21. The highest BCUT2D eigenvalue weighted by atomic mass is 27.1. The predicted molar refractivity (Wildman–Crippen MR) is 53.0 cm³/mol. The SMILES string of the molecule is [AlH][O]c1ccncc1-c1ncccn1. The van der Waals surface area contributed by atoms with Crippen molar-refractivity contribution in [1.29, 1.82) is 0 Å². The van der Waals surface area contributed by atoms with Gasteiger partial charge in [-0.15, -0.1) is 0 Å². The van der Waals surface area contributed by atoms with Crippen LogP contribution in [0.3, 0.4) is 0 Å². The zero-order chi connectivity index (χ0) is 9.80. The topological polar surface area (TPSA) is 47.9 Å². The Morgan fingerprint density at radius 1 is 1.14 bits per heavy atom. The van der Waals surface area contributed by atoms with Gasteiger partial charge in [0.1, 0.15) is 0 Å². The lowest BCUT2D eigenvalue weighted by molar-refractivity contribution is 0.616. The molecule has 0 N–H and O–H groups in total. The second-order valence-electron chi connectivity index (χ2n) is 2.59. The molecule has 14 heavy (non-hydrogen) atoms. The average Bonchev–Trinajstić information content (AvgIpc) is 2.30. The highest BCUT2D eigenvalue weighted by Crippen LogP contribution is 2.24. The van der Waals surface area contributed by atoms with Crippen LogP contribution in [0.5, 0.6) is 5.75 Å². The van der Waals surface area contributed by atoms with Gasteiger partial charge in [-0.05, 0) is 12.1 Å². The lowest BCUT2D eigenvalue weighted by Gasteiger charge is -2.07. The molecule has 0 atom stereocenters. The van der Waals surface area contributed by atoms with Gasteiger partial charge in [0, 0.05) is 24.8 Å². The maximum Gasteiger partial charge on any atom is 0.494 e. The molecule has 5 heteroatoms. The van der Waals surface area contributed by atoms with Crippen molar-refractivity contribution in [3.05, 3.63) is 36.9 Å². The van der Waals surface area contributed by atoms with E-state index in [0.29, 0.717) is 5.82 Å². The molecule has 2 aromatic heterocycles. The molecular formula is C9H7AlN3O. The van der Waals surface area contributed by atoms with Crippen LogP contribution >= 0.6 is 0 Å². The van der Waals surface area contributed by atoms with E-state index < -0.39 is 0 Å². The zero-order valence-electron chi connectivity index (χ0n) is 7.42. The molecule has 1 radical (unpaired) electrons. The number of pyridine rings is 1. The summed E-state index contributed by atoms with van der Waals surface area (Å²) >= 11 is 1.42. The smallest absolute Gasteiger partial charge is 0.494 e. The van der Waals surface area contributed by atoms with Crippen LogP contribution in [0.25, 0.3) is 11.4 Å². The third kappa shape index (κ3) is 1.74. The Morgan fingerprint density at radius 2 is 1.93 bits per heavy atom. The fourth-order valence-electron chi connectivity index (χ4n) is 1.11. The Hall–Kier alpha value is -1.44. The first-order chi connectivity index (χ1) is 6.92. The van der Waals surface area contributed by atoms with Crippen LogP contribution in [-0.2, 0) is 0 Å². The van der Waals surface area contributed by atoms with Gasteiger partial charge in [-0.25, -0.2) is 9.97 Å². The van der Waals surface area contributed by atoms with E-state index in [1.165, 1.54) is 16.6 Å². The fraction of sp³-hybridized carbons (Fsp3) is 0. The second-order valence-corrected chi connectivity index (χ2v) is 2.88. The van der Waals surface area contributed by atoms with Gasteiger partial charge in [0.25, 0.3) is 0 Å². The van der Waals surface area contributed by atoms with Crippen molar-refractivity contribution in [2.24, 2.45) is 0 Å². The summed E-state index contributed by atoms with van der Waals surface area (Å²) in [4.78, 5) is 12.3. The largest absolute Gasteiger partial charge is 0.650 e. The quantitative estimate of drug-likeness (QED) is 0.670. The van der Waals surface area contributed by atoms with E-state index >= 15 is 0 Å². The normalized spacial score (nSPS) is 9.71. The average molecular weight is 200 g/mol. The first kappa shape index (κ1) is 9.13. The number of hydrogen-bond donors (Lipinski definition) is 0. The highest BCUT2D eigenvalue weighted by Gasteiger charge is 2.05. The van der Waals surface area contributed by atoms with Crippen LogP contribution in [0, 0.1) is 0 Å². The van der Waals surface area contributed by atoms with E-state index in [2.05, 4.69) is 15.0 Å². The summed E-state index contributed by atoms with van der Waals surface area (Å²) in [6.07, 6.45) is 6.75. The molecule has 0 saturated heterocycles. The van der Waals surface area contributed by atoms with E-state index in [9.17, 15) is 0 Å². The second kappa shape index (κ2) is 4.18. The van der Waals surface area contributed by atoms with E-state index in [1.54, 1.807) is 36.9 Å². The molecule has 4 nitrogen and oxygen atoms in total. The molecule has 67 valence electrons. The van der Waals surface area contributed by atoms with Crippen LogP contribution in [0.1, 0.15) is 0 Å². The highest BCUT2D eigenvalue weighted by molar-refractivity contribution is 6.00. The first-order valence-electron chi connectivity index (χ1n) is 4.05. The standard InChI is InChI=1S/C9H7N3O.Al.H/c13-8-2-5-10-6-7(8)9-11-3-1-4-12-9;;/h1-6H,(H,10,13);;/q;+1;/p-1. The van der Waals surface area contributed by atoms with Crippen molar-refractivity contribution < 1.29 is 3.79 Å². The van der Waals surface area contributed by atoms with Crippen molar-refractivity contribution in [2.75, 3.05) is 0 Å². The van der Waals surface area contributed by atoms with Gasteiger partial charge in [-0.1, -0.05) is 0 Å². The molecular weight excluding hydrogens is 193 g/mol. The minimum Gasteiger partial charge on any atom is -0.650 e. The van der Waals surface area contributed by atoms with E-state index in [4.69, 9.17) is 3.79 Å². The summed E-state index contributed by atoms with van der Waals surface area (Å²) in [6.45, 7) is 0. The van der Waals surface area contributed by atoms with E-state index in [-0.39, 0.29) is 0 Å². The third-order valence-electron chi connectivity index (χ3n) is 1.74. The molecule has 0 bridgehead atoms. The van der Waals surface area contributed by atoms with Gasteiger partial charge in [0.05, 0.1) is 11.3 Å². The summed E-state index contributed by atoms with van der Waals surface area (Å²) in [5, 5.41) is 0. The Balaban J connectivity index is 2.51. The molecule has 0 aliphatic rings. The Kier molecular flexibility index (Phi) is 2.73. The van der Waals surface area contributed by atoms with Crippen LogP contribution in [0.15, 0.2) is 36.9 Å². The Morgan fingerprint density at radius 3 is 2.64 bits per heavy atom. The first-order valence-corrected chi connectivity index (χ1v) is 4.63. The zero-order valence-corrected chi connectivity index (χ0v) is 8.84. The molecule has 0 aliphatic heterocycles. The fourth-order valence-corrected chi connectivity index (χ4v) is 1.37. The molecule has 0 unspecified atom stereocenters. The Bertz CT molecular complexity index is 421. The van der Waals surface area contributed by atoms with Gasteiger partial charge in [-0.3, -0.25) is 4.98 Å². The van der Waals surface area contributed by atoms with Crippen LogP contribution < -0.4 is 3.79 Å². The van der Waals surface area contributed by atoms with Gasteiger partial charge in [0.15, 0.2) is 5.82 Å². The third-order valence-corrected chi connectivity index (χ3v) is 2.05. The van der Waals surface area contributed by atoms with Gasteiger partial charge in [-0.2, -0.15) is 0 Å². The summed E-state index contributed by atoms with van der Waals surface area (Å²) in [5.74, 6) is 1.37. The van der Waals surface area contributed by atoms with Crippen LogP contribution in [0.2, 0.25) is 0 Å². The number of hydrogen-bond acceptors (Lipinski definition) is 4. The van der Waals surface area contributed by atoms with Gasteiger partial charge >= 0.3 is 16.6 Å². The van der Waals surface area contributed by atoms with Crippen molar-refractivity contribution in [3.63, 3.8) is 0 Å². The van der Waals surface area contributed by atoms with Gasteiger partial charge in [0.2, 0.25) is 0 Å². The Labute approximate surface area is 89.8 Å². The molecule has 2 rings (SSSR count). The summed E-state index contributed by atoms with van der Waals surface area (Å²) in [7, 11) is 0. The minimum absolute atomic E-state index is 0.627. The molecule has 0 saturated carbocycles. The molecule has 2 heterocycles. The molecule has 0 aliphatic carbocycles. The van der Waals surface area contributed by atoms with Gasteiger partial charge < -0.3 is 3.79 Å². The van der Waals surface area contributed by atoms with Crippen molar-refractivity contribution in [1.82, 2.24) is 15.0 Å².